The molecule has 6 rings (SSSR count). The molecule has 0 spiro atoms. The van der Waals surface area contributed by atoms with Crippen LogP contribution in [0.4, 0.5) is 5.69 Å². The highest BCUT2D eigenvalue weighted by molar-refractivity contribution is 9.10. The van der Waals surface area contributed by atoms with Gasteiger partial charge in [0.05, 0.1) is 46.9 Å². The van der Waals surface area contributed by atoms with Crippen molar-refractivity contribution in [2.45, 2.75) is 51.6 Å². The van der Waals surface area contributed by atoms with Crippen LogP contribution in [-0.2, 0) is 45.3 Å². The van der Waals surface area contributed by atoms with Crippen LogP contribution in [-0.4, -0.2) is 49.4 Å². The summed E-state index contributed by atoms with van der Waals surface area (Å²) in [5.41, 5.74) is 6.25. The normalized spacial score (nSPS) is 16.9. The molecule has 0 aromatic heterocycles. The van der Waals surface area contributed by atoms with E-state index in [0.29, 0.717) is 32.7 Å². The Morgan fingerprint density at radius 2 is 1.16 bits per heavy atom. The summed E-state index contributed by atoms with van der Waals surface area (Å²) in [6, 6.07) is 23.0. The van der Waals surface area contributed by atoms with Crippen molar-refractivity contribution in [3.63, 3.8) is 0 Å². The molecule has 2 amide bonds. The van der Waals surface area contributed by atoms with Crippen LogP contribution in [0.25, 0.3) is 0 Å². The summed E-state index contributed by atoms with van der Waals surface area (Å²) in [7, 11) is -3.49. The van der Waals surface area contributed by atoms with E-state index in [2.05, 4.69) is 45.8 Å². The van der Waals surface area contributed by atoms with E-state index in [4.69, 9.17) is 46.4 Å². The average molecular weight is 840 g/mol. The molecule has 2 heterocycles. The van der Waals surface area contributed by atoms with E-state index in [0.717, 1.165) is 35.7 Å². The Bertz CT molecular complexity index is 2050. The zero-order valence-electron chi connectivity index (χ0n) is 27.7. The van der Waals surface area contributed by atoms with Crippen molar-refractivity contribution in [3.05, 3.63) is 131 Å². The highest BCUT2D eigenvalue weighted by Crippen LogP contribution is 2.36. The second-order valence-corrected chi connectivity index (χ2v) is 16.5. The van der Waals surface area contributed by atoms with Crippen molar-refractivity contribution >= 4 is 89.9 Å². The van der Waals surface area contributed by atoms with Crippen molar-refractivity contribution < 1.29 is 18.0 Å². The molecule has 0 saturated carbocycles. The lowest BCUT2D eigenvalue weighted by molar-refractivity contribution is -0.133. The molecule has 0 aliphatic carbocycles. The van der Waals surface area contributed by atoms with Crippen LogP contribution in [0.5, 0.6) is 0 Å². The Balaban J connectivity index is 0.000000197. The standard InChI is InChI=1S/C19H20Cl2N2O3S.C18H16BrCl2NO/c1-12-14-6-4-3-5-13(14)9-10-23(12)18(24)11-15-16(20)7-8-17(19(15)21)22-27(2,25)26;1-11-13-5-3-2-4-12(13)8-9-22(11)17(23)10-14-16(20)7-6-15(19)18(14)21/h3-8,12,22H,9-11H2,1-2H3;2-7,11H,8-10H2,1H3/t12-;11-/m00/s1. The number of nitrogens with one attached hydrogen (secondary N) is 1. The van der Waals surface area contributed by atoms with Gasteiger partial charge in [0.15, 0.2) is 0 Å². The second kappa shape index (κ2) is 16.3. The largest absolute Gasteiger partial charge is 0.335 e. The molecule has 50 heavy (non-hydrogen) atoms. The number of benzene rings is 4. The van der Waals surface area contributed by atoms with Crippen molar-refractivity contribution in [2.75, 3.05) is 24.1 Å². The molecule has 1 N–H and O–H groups in total. The first-order valence-electron chi connectivity index (χ1n) is 16.0. The molecule has 2 atom stereocenters. The van der Waals surface area contributed by atoms with Crippen LogP contribution >= 0.6 is 62.3 Å². The van der Waals surface area contributed by atoms with E-state index >= 15 is 0 Å². The first-order chi connectivity index (χ1) is 23.7. The minimum absolute atomic E-state index is 0.00343. The van der Waals surface area contributed by atoms with Crippen molar-refractivity contribution in [2.24, 2.45) is 0 Å². The summed E-state index contributed by atoms with van der Waals surface area (Å²) in [5, 5.41) is 1.51. The number of rotatable bonds is 6. The molecule has 7 nitrogen and oxygen atoms in total. The van der Waals surface area contributed by atoms with Crippen molar-refractivity contribution in [1.29, 1.82) is 0 Å². The molecule has 2 aliphatic heterocycles. The van der Waals surface area contributed by atoms with E-state index in [9.17, 15) is 18.0 Å². The number of hydrogen-bond acceptors (Lipinski definition) is 4. The van der Waals surface area contributed by atoms with Crippen LogP contribution in [0, 0.1) is 0 Å². The lowest BCUT2D eigenvalue weighted by Gasteiger charge is -2.35. The van der Waals surface area contributed by atoms with E-state index in [1.165, 1.54) is 22.8 Å². The van der Waals surface area contributed by atoms with Crippen LogP contribution in [0.15, 0.2) is 77.3 Å². The van der Waals surface area contributed by atoms with Crippen LogP contribution < -0.4 is 4.72 Å². The van der Waals surface area contributed by atoms with Gasteiger partial charge in [0.1, 0.15) is 0 Å². The number of amides is 2. The predicted octanol–water partition coefficient (Wildman–Crippen LogP) is 9.50. The first-order valence-corrected chi connectivity index (χ1v) is 20.2. The van der Waals surface area contributed by atoms with E-state index in [1.807, 2.05) is 47.1 Å². The third-order valence-electron chi connectivity index (χ3n) is 9.11. The summed E-state index contributed by atoms with van der Waals surface area (Å²) in [6.07, 6.45) is 2.93. The predicted molar refractivity (Wildman–Crippen MR) is 207 cm³/mol. The number of halogens is 5. The number of fused-ring (bicyclic) bond motifs is 2. The Labute approximate surface area is 322 Å². The van der Waals surface area contributed by atoms with Crippen LogP contribution in [0.2, 0.25) is 20.1 Å². The smallest absolute Gasteiger partial charge is 0.229 e. The Morgan fingerprint density at radius 3 is 1.64 bits per heavy atom. The van der Waals surface area contributed by atoms with Crippen LogP contribution in [0.3, 0.4) is 0 Å². The summed E-state index contributed by atoms with van der Waals surface area (Å²) in [6.45, 7) is 5.41. The molecule has 0 unspecified atom stereocenters. The molecule has 0 bridgehead atoms. The molecule has 4 aromatic rings. The van der Waals surface area contributed by atoms with Crippen LogP contribution in [0.1, 0.15) is 59.3 Å². The average Bonchev–Trinajstić information content (AvgIpc) is 3.08. The highest BCUT2D eigenvalue weighted by atomic mass is 79.9. The molecule has 4 aromatic carbocycles. The molecule has 13 heteroatoms. The monoisotopic (exact) mass is 837 g/mol. The maximum atomic E-state index is 13.0. The minimum Gasteiger partial charge on any atom is -0.335 e. The fraction of sp³-hybridized carbons (Fsp3) is 0.297. The fourth-order valence-corrected chi connectivity index (χ4v) is 8.55. The minimum atomic E-state index is -3.49. The van der Waals surface area contributed by atoms with Gasteiger partial charge >= 0.3 is 0 Å². The van der Waals surface area contributed by atoms with Gasteiger partial charge in [0, 0.05) is 33.2 Å². The molecule has 264 valence electrons. The Kier molecular flexibility index (Phi) is 12.5. The van der Waals surface area contributed by atoms with Gasteiger partial charge in [-0.15, -0.1) is 0 Å². The highest BCUT2D eigenvalue weighted by Gasteiger charge is 2.30. The molecule has 0 fully saturated rings. The SMILES string of the molecule is C[C@H]1c2ccccc2CCN1C(=O)Cc1c(Cl)ccc(Br)c1Cl.C[C@H]1c2ccccc2CCN1C(=O)Cc1c(Cl)ccc(NS(C)(=O)=O)c1Cl. The maximum Gasteiger partial charge on any atom is 0.229 e. The lowest BCUT2D eigenvalue weighted by Crippen LogP contribution is -2.39. The van der Waals surface area contributed by atoms with Gasteiger partial charge in [-0.25, -0.2) is 8.42 Å². The third kappa shape index (κ3) is 8.80. The zero-order valence-corrected chi connectivity index (χ0v) is 33.1. The molecular formula is C37H36BrCl4N3O4S. The van der Waals surface area contributed by atoms with Gasteiger partial charge in [-0.2, -0.15) is 0 Å². The van der Waals surface area contributed by atoms with E-state index in [1.54, 1.807) is 18.2 Å². The van der Waals surface area contributed by atoms with E-state index in [-0.39, 0.29) is 47.4 Å². The fourth-order valence-electron chi connectivity index (χ4n) is 6.50. The summed E-state index contributed by atoms with van der Waals surface area (Å²) in [5.74, 6) is -0.0498. The van der Waals surface area contributed by atoms with Crippen molar-refractivity contribution in [3.8, 4) is 0 Å². The number of carbonyl (C=O) groups is 2. The number of nitrogens with zero attached hydrogens (tertiary/aromatic N) is 2. The lowest BCUT2D eigenvalue weighted by atomic mass is 9.93. The van der Waals surface area contributed by atoms with Gasteiger partial charge in [0.2, 0.25) is 21.8 Å². The first kappa shape index (κ1) is 38.4. The molecular weight excluding hydrogens is 804 g/mol. The zero-order chi connectivity index (χ0) is 36.3. The Morgan fingerprint density at radius 1 is 0.720 bits per heavy atom. The maximum absolute atomic E-state index is 13.0. The second-order valence-electron chi connectivity index (χ2n) is 12.4. The molecule has 2 aliphatic rings. The van der Waals surface area contributed by atoms with Gasteiger partial charge in [-0.3, -0.25) is 14.3 Å². The van der Waals surface area contributed by atoms with Crippen molar-refractivity contribution in [1.82, 2.24) is 9.80 Å². The topological polar surface area (TPSA) is 86.8 Å². The number of hydrogen-bond donors (Lipinski definition) is 1. The number of sulfonamides is 1. The Hall–Kier alpha value is -2.79. The molecule has 0 radical (unpaired) electrons. The number of carbonyl (C=O) groups excluding carboxylic acids is 2. The van der Waals surface area contributed by atoms with Gasteiger partial charge in [-0.05, 0) is 94.7 Å². The van der Waals surface area contributed by atoms with Gasteiger partial charge in [0.25, 0.3) is 0 Å². The third-order valence-corrected chi connectivity index (χ3v) is 12.2. The summed E-state index contributed by atoms with van der Waals surface area (Å²) >= 11 is 28.5. The summed E-state index contributed by atoms with van der Waals surface area (Å²) in [4.78, 5) is 29.5. The number of anilines is 1. The van der Waals surface area contributed by atoms with Gasteiger partial charge < -0.3 is 9.80 Å². The quantitative estimate of drug-likeness (QED) is 0.196. The van der Waals surface area contributed by atoms with E-state index < -0.39 is 10.0 Å². The summed E-state index contributed by atoms with van der Waals surface area (Å²) < 4.78 is 26.1. The molecule has 0 saturated heterocycles. The van der Waals surface area contributed by atoms with Gasteiger partial charge in [-0.1, -0.05) is 94.9 Å².